The lowest BCUT2D eigenvalue weighted by molar-refractivity contribution is -0.139. The summed E-state index contributed by atoms with van der Waals surface area (Å²) in [6, 6.07) is 7.31. The van der Waals surface area contributed by atoms with Crippen LogP contribution in [0.5, 0.6) is 0 Å². The molecule has 0 radical (unpaired) electrons. The normalized spacial score (nSPS) is 10.0. The minimum atomic E-state index is -0.870. The zero-order valence-electron chi connectivity index (χ0n) is 12.9. The van der Waals surface area contributed by atoms with E-state index in [2.05, 4.69) is 20.2 Å². The Morgan fingerprint density at radius 1 is 0.833 bits per heavy atom. The molecule has 0 atom stereocenters. The molecular formula is C16H18N4O4. The number of hydrogen-bond acceptors (Lipinski definition) is 6. The second-order valence-corrected chi connectivity index (χ2v) is 4.62. The van der Waals surface area contributed by atoms with Crippen molar-refractivity contribution in [3.63, 3.8) is 0 Å². The molecule has 0 aromatic carbocycles. The van der Waals surface area contributed by atoms with Crippen molar-refractivity contribution in [1.29, 1.82) is 0 Å². The van der Waals surface area contributed by atoms with Gasteiger partial charge in [0.25, 0.3) is 0 Å². The molecule has 0 amide bonds. The number of aliphatic carboxylic acids is 2. The number of aromatic nitrogens is 2. The predicted molar refractivity (Wildman–Crippen MR) is 86.4 cm³/mol. The van der Waals surface area contributed by atoms with Crippen LogP contribution in [0.4, 0.5) is 11.4 Å². The minimum Gasteiger partial charge on any atom is -0.481 e. The molecule has 8 heteroatoms. The summed E-state index contributed by atoms with van der Waals surface area (Å²) in [7, 11) is 0. The number of pyridine rings is 2. The van der Waals surface area contributed by atoms with E-state index in [0.29, 0.717) is 12.8 Å². The van der Waals surface area contributed by atoms with Crippen molar-refractivity contribution < 1.29 is 19.8 Å². The largest absolute Gasteiger partial charge is 0.481 e. The molecule has 2 rings (SSSR count). The lowest BCUT2D eigenvalue weighted by Crippen LogP contribution is -1.97. The highest BCUT2D eigenvalue weighted by Crippen LogP contribution is 2.14. The van der Waals surface area contributed by atoms with E-state index in [1.807, 2.05) is 24.3 Å². The van der Waals surface area contributed by atoms with Gasteiger partial charge in [0.15, 0.2) is 0 Å². The number of rotatable bonds is 7. The maximum atomic E-state index is 9.90. The Hall–Kier alpha value is -3.16. The van der Waals surface area contributed by atoms with Gasteiger partial charge in [-0.1, -0.05) is 0 Å². The quantitative estimate of drug-likeness (QED) is 0.590. The molecule has 0 aliphatic carbocycles. The minimum absolute atomic E-state index is 0.0628. The van der Waals surface area contributed by atoms with Crippen LogP contribution in [-0.4, -0.2) is 32.1 Å². The number of hydrogen-bond donors (Lipinski definition) is 2. The topological polar surface area (TPSA) is 125 Å². The number of carboxylic acids is 2. The lowest BCUT2D eigenvalue weighted by atomic mass is 10.2. The lowest BCUT2D eigenvalue weighted by Gasteiger charge is -1.92. The Morgan fingerprint density at radius 3 is 1.54 bits per heavy atom. The SMILES string of the molecule is O=C(O)CCCCC(=O)O.c1cncc(N=Nc2cccnc2)c1. The summed E-state index contributed by atoms with van der Waals surface area (Å²) in [6.45, 7) is 0. The fourth-order valence-corrected chi connectivity index (χ4v) is 1.49. The van der Waals surface area contributed by atoms with Crippen molar-refractivity contribution in [1.82, 2.24) is 9.97 Å². The molecule has 0 unspecified atom stereocenters. The van der Waals surface area contributed by atoms with E-state index in [4.69, 9.17) is 10.2 Å². The molecule has 0 spiro atoms. The third kappa shape index (κ3) is 9.72. The van der Waals surface area contributed by atoms with Gasteiger partial charge in [0.05, 0.1) is 12.4 Å². The fourth-order valence-electron chi connectivity index (χ4n) is 1.49. The Morgan fingerprint density at radius 2 is 1.25 bits per heavy atom. The first-order chi connectivity index (χ1) is 11.6. The van der Waals surface area contributed by atoms with Crippen molar-refractivity contribution in [3.8, 4) is 0 Å². The van der Waals surface area contributed by atoms with Crippen LogP contribution in [0.3, 0.4) is 0 Å². The van der Waals surface area contributed by atoms with Gasteiger partial charge in [-0.15, -0.1) is 10.2 Å². The molecule has 2 aromatic heterocycles. The van der Waals surface area contributed by atoms with Gasteiger partial charge in [0.1, 0.15) is 11.4 Å². The van der Waals surface area contributed by atoms with E-state index in [0.717, 1.165) is 11.4 Å². The molecule has 126 valence electrons. The third-order valence-corrected chi connectivity index (χ3v) is 2.60. The average Bonchev–Trinajstić information content (AvgIpc) is 2.59. The third-order valence-electron chi connectivity index (χ3n) is 2.60. The van der Waals surface area contributed by atoms with Crippen molar-refractivity contribution in [2.24, 2.45) is 10.2 Å². The highest BCUT2D eigenvalue weighted by molar-refractivity contribution is 5.67. The maximum Gasteiger partial charge on any atom is 0.303 e. The van der Waals surface area contributed by atoms with E-state index in [9.17, 15) is 9.59 Å². The Balaban J connectivity index is 0.000000257. The van der Waals surface area contributed by atoms with Crippen LogP contribution < -0.4 is 0 Å². The van der Waals surface area contributed by atoms with Crippen molar-refractivity contribution in [2.75, 3.05) is 0 Å². The first-order valence-corrected chi connectivity index (χ1v) is 7.23. The van der Waals surface area contributed by atoms with Crippen molar-refractivity contribution >= 4 is 23.3 Å². The number of nitrogens with zero attached hydrogens (tertiary/aromatic N) is 4. The highest BCUT2D eigenvalue weighted by atomic mass is 16.4. The maximum absolute atomic E-state index is 9.90. The number of carbonyl (C=O) groups is 2. The predicted octanol–water partition coefficient (Wildman–Crippen LogP) is 3.61. The van der Waals surface area contributed by atoms with Crippen molar-refractivity contribution in [2.45, 2.75) is 25.7 Å². The van der Waals surface area contributed by atoms with Gasteiger partial charge in [-0.25, -0.2) is 0 Å². The van der Waals surface area contributed by atoms with Crippen LogP contribution >= 0.6 is 0 Å². The van der Waals surface area contributed by atoms with Crippen LogP contribution in [0.2, 0.25) is 0 Å². The zero-order chi connectivity index (χ0) is 17.6. The van der Waals surface area contributed by atoms with E-state index < -0.39 is 11.9 Å². The van der Waals surface area contributed by atoms with Crippen LogP contribution in [0, 0.1) is 0 Å². The van der Waals surface area contributed by atoms with Crippen LogP contribution in [-0.2, 0) is 9.59 Å². The van der Waals surface area contributed by atoms with Gasteiger partial charge in [-0.3, -0.25) is 19.6 Å². The second kappa shape index (κ2) is 11.4. The summed E-state index contributed by atoms with van der Waals surface area (Å²) in [5.41, 5.74) is 1.47. The molecule has 0 bridgehead atoms. The van der Waals surface area contributed by atoms with Crippen LogP contribution in [0.25, 0.3) is 0 Å². The molecule has 0 saturated heterocycles. The fraction of sp³-hybridized carbons (Fsp3) is 0.250. The Bertz CT molecular complexity index is 590. The highest BCUT2D eigenvalue weighted by Gasteiger charge is 1.99. The molecule has 2 heterocycles. The van der Waals surface area contributed by atoms with Gasteiger partial charge < -0.3 is 10.2 Å². The second-order valence-electron chi connectivity index (χ2n) is 4.62. The summed E-state index contributed by atoms with van der Waals surface area (Å²) in [6.07, 6.45) is 7.72. The summed E-state index contributed by atoms with van der Waals surface area (Å²) in [4.78, 5) is 27.6. The molecular weight excluding hydrogens is 312 g/mol. The van der Waals surface area contributed by atoms with Gasteiger partial charge in [0, 0.05) is 25.2 Å². The van der Waals surface area contributed by atoms with Gasteiger partial charge in [-0.05, 0) is 37.1 Å². The van der Waals surface area contributed by atoms with Crippen LogP contribution in [0.15, 0.2) is 59.3 Å². The molecule has 2 N–H and O–H groups in total. The molecule has 0 saturated carbocycles. The van der Waals surface area contributed by atoms with Gasteiger partial charge >= 0.3 is 11.9 Å². The summed E-state index contributed by atoms with van der Waals surface area (Å²) in [5, 5.41) is 24.3. The van der Waals surface area contributed by atoms with Gasteiger partial charge in [0.2, 0.25) is 0 Å². The number of azo groups is 1. The van der Waals surface area contributed by atoms with E-state index in [1.165, 1.54) is 0 Å². The van der Waals surface area contributed by atoms with E-state index in [-0.39, 0.29) is 12.8 Å². The molecule has 24 heavy (non-hydrogen) atoms. The zero-order valence-corrected chi connectivity index (χ0v) is 12.9. The Labute approximate surface area is 138 Å². The van der Waals surface area contributed by atoms with Gasteiger partial charge in [-0.2, -0.15) is 0 Å². The number of unbranched alkanes of at least 4 members (excludes halogenated alkanes) is 1. The molecule has 0 fully saturated rings. The summed E-state index contributed by atoms with van der Waals surface area (Å²) < 4.78 is 0. The first kappa shape index (κ1) is 18.9. The average molecular weight is 330 g/mol. The van der Waals surface area contributed by atoms with Crippen molar-refractivity contribution in [3.05, 3.63) is 49.1 Å². The number of carboxylic acid groups (broad SMARTS) is 2. The van der Waals surface area contributed by atoms with Crippen LogP contribution in [0.1, 0.15) is 25.7 Å². The van der Waals surface area contributed by atoms with E-state index in [1.54, 1.807) is 24.8 Å². The summed E-state index contributed by atoms with van der Waals surface area (Å²) >= 11 is 0. The molecule has 2 aromatic rings. The first-order valence-electron chi connectivity index (χ1n) is 7.23. The molecule has 0 aliphatic rings. The molecule has 0 aliphatic heterocycles. The smallest absolute Gasteiger partial charge is 0.303 e. The monoisotopic (exact) mass is 330 g/mol. The van der Waals surface area contributed by atoms with E-state index >= 15 is 0 Å². The molecule has 8 nitrogen and oxygen atoms in total. The Kier molecular flexibility index (Phi) is 8.98. The summed E-state index contributed by atoms with van der Waals surface area (Å²) in [5.74, 6) is -1.74. The standard InChI is InChI=1S/C10H8N4.C6H10O4/c1-3-9(7-11-5-1)13-14-10-4-2-6-12-8-10;7-5(8)3-1-2-4-6(9)10/h1-8H;1-4H2,(H,7,8)(H,9,10).